The van der Waals surface area contributed by atoms with Gasteiger partial charge in [-0.05, 0) is 12.8 Å². The van der Waals surface area contributed by atoms with Gasteiger partial charge in [0.15, 0.2) is 5.69 Å². The normalized spacial score (nSPS) is 15.5. The quantitative estimate of drug-likeness (QED) is 0.801. The first-order valence-corrected chi connectivity index (χ1v) is 6.54. The molecule has 19 heavy (non-hydrogen) atoms. The van der Waals surface area contributed by atoms with Gasteiger partial charge in [0.1, 0.15) is 5.82 Å². The van der Waals surface area contributed by atoms with Crippen LogP contribution in [0.3, 0.4) is 0 Å². The SMILES string of the molecule is COC(=O)c1cnc(N(CCO)C2CCCC2)cn1. The number of rotatable bonds is 5. The average Bonchev–Trinajstić information content (AvgIpc) is 2.98. The van der Waals surface area contributed by atoms with Gasteiger partial charge in [0.05, 0.1) is 26.1 Å². The van der Waals surface area contributed by atoms with Crippen LogP contribution in [-0.4, -0.2) is 47.3 Å². The van der Waals surface area contributed by atoms with Crippen molar-refractivity contribution in [2.24, 2.45) is 0 Å². The van der Waals surface area contributed by atoms with E-state index in [4.69, 9.17) is 0 Å². The van der Waals surface area contributed by atoms with Crippen molar-refractivity contribution in [1.82, 2.24) is 9.97 Å². The summed E-state index contributed by atoms with van der Waals surface area (Å²) in [7, 11) is 1.31. The zero-order chi connectivity index (χ0) is 13.7. The van der Waals surface area contributed by atoms with Crippen molar-refractivity contribution >= 4 is 11.8 Å². The Morgan fingerprint density at radius 1 is 1.42 bits per heavy atom. The van der Waals surface area contributed by atoms with Crippen LogP contribution in [0.15, 0.2) is 12.4 Å². The summed E-state index contributed by atoms with van der Waals surface area (Å²) in [5.74, 6) is 0.210. The second-order valence-corrected chi connectivity index (χ2v) is 4.61. The molecule has 0 radical (unpaired) electrons. The van der Waals surface area contributed by atoms with Crippen molar-refractivity contribution in [2.45, 2.75) is 31.7 Å². The molecule has 2 rings (SSSR count). The summed E-state index contributed by atoms with van der Waals surface area (Å²) in [6.07, 6.45) is 7.63. The third kappa shape index (κ3) is 3.20. The second-order valence-electron chi connectivity index (χ2n) is 4.61. The standard InChI is InChI=1S/C13H19N3O3/c1-19-13(18)11-8-15-12(9-14-11)16(6-7-17)10-4-2-3-5-10/h8-10,17H,2-7H2,1H3. The van der Waals surface area contributed by atoms with Gasteiger partial charge < -0.3 is 14.7 Å². The van der Waals surface area contributed by atoms with Crippen LogP contribution in [0, 0.1) is 0 Å². The molecular weight excluding hydrogens is 246 g/mol. The van der Waals surface area contributed by atoms with Crippen LogP contribution in [0.5, 0.6) is 0 Å². The fraction of sp³-hybridized carbons (Fsp3) is 0.615. The van der Waals surface area contributed by atoms with Crippen LogP contribution in [0.25, 0.3) is 0 Å². The van der Waals surface area contributed by atoms with E-state index in [1.807, 2.05) is 0 Å². The lowest BCUT2D eigenvalue weighted by atomic mass is 10.2. The molecule has 0 bridgehead atoms. The van der Waals surface area contributed by atoms with Gasteiger partial charge in [-0.1, -0.05) is 12.8 Å². The average molecular weight is 265 g/mol. The number of aliphatic hydroxyl groups is 1. The number of aromatic nitrogens is 2. The van der Waals surface area contributed by atoms with Crippen molar-refractivity contribution < 1.29 is 14.6 Å². The zero-order valence-electron chi connectivity index (χ0n) is 11.1. The summed E-state index contributed by atoms with van der Waals surface area (Å²) in [5, 5.41) is 9.18. The minimum atomic E-state index is -0.492. The number of esters is 1. The van der Waals surface area contributed by atoms with Crippen LogP contribution in [0.1, 0.15) is 36.2 Å². The third-order valence-electron chi connectivity index (χ3n) is 3.43. The van der Waals surface area contributed by atoms with Crippen molar-refractivity contribution in [3.8, 4) is 0 Å². The van der Waals surface area contributed by atoms with Crippen LogP contribution < -0.4 is 4.90 Å². The molecule has 0 atom stereocenters. The highest BCUT2D eigenvalue weighted by molar-refractivity contribution is 5.86. The van der Waals surface area contributed by atoms with E-state index >= 15 is 0 Å². The molecule has 0 spiro atoms. The van der Waals surface area contributed by atoms with E-state index in [9.17, 15) is 9.90 Å². The summed E-state index contributed by atoms with van der Waals surface area (Å²) in [6, 6.07) is 0.408. The number of hydrogen-bond donors (Lipinski definition) is 1. The Hall–Kier alpha value is -1.69. The van der Waals surface area contributed by atoms with Crippen LogP contribution >= 0.6 is 0 Å². The molecule has 1 fully saturated rings. The van der Waals surface area contributed by atoms with Gasteiger partial charge >= 0.3 is 5.97 Å². The molecule has 1 heterocycles. The lowest BCUT2D eigenvalue weighted by Gasteiger charge is -2.29. The van der Waals surface area contributed by atoms with Crippen molar-refractivity contribution in [3.63, 3.8) is 0 Å². The van der Waals surface area contributed by atoms with E-state index in [1.54, 1.807) is 6.20 Å². The molecule has 1 saturated carbocycles. The number of hydrogen-bond acceptors (Lipinski definition) is 6. The van der Waals surface area contributed by atoms with E-state index in [1.165, 1.54) is 26.1 Å². The minimum Gasteiger partial charge on any atom is -0.464 e. The monoisotopic (exact) mass is 265 g/mol. The summed E-state index contributed by atoms with van der Waals surface area (Å²) in [5.41, 5.74) is 0.196. The molecule has 6 heteroatoms. The Morgan fingerprint density at radius 2 is 2.16 bits per heavy atom. The lowest BCUT2D eigenvalue weighted by Crippen LogP contribution is -2.36. The lowest BCUT2D eigenvalue weighted by molar-refractivity contribution is 0.0593. The fourth-order valence-corrected chi connectivity index (χ4v) is 2.49. The maximum atomic E-state index is 11.3. The predicted octanol–water partition coefficient (Wildman–Crippen LogP) is 1.00. The topological polar surface area (TPSA) is 75.5 Å². The fourth-order valence-electron chi connectivity index (χ4n) is 2.49. The molecule has 1 aliphatic carbocycles. The van der Waals surface area contributed by atoms with Gasteiger partial charge in [0.25, 0.3) is 0 Å². The molecule has 1 aromatic rings. The predicted molar refractivity (Wildman–Crippen MR) is 70.1 cm³/mol. The minimum absolute atomic E-state index is 0.0803. The summed E-state index contributed by atoms with van der Waals surface area (Å²) >= 11 is 0. The maximum Gasteiger partial charge on any atom is 0.358 e. The first kappa shape index (κ1) is 13.7. The van der Waals surface area contributed by atoms with Crippen LogP contribution in [-0.2, 0) is 4.74 Å². The molecule has 6 nitrogen and oxygen atoms in total. The van der Waals surface area contributed by atoms with Gasteiger partial charge in [-0.2, -0.15) is 0 Å². The summed E-state index contributed by atoms with van der Waals surface area (Å²) in [4.78, 5) is 21.7. The van der Waals surface area contributed by atoms with E-state index < -0.39 is 5.97 Å². The Morgan fingerprint density at radius 3 is 2.68 bits per heavy atom. The molecule has 0 aliphatic heterocycles. The van der Waals surface area contributed by atoms with E-state index in [-0.39, 0.29) is 12.3 Å². The van der Waals surface area contributed by atoms with Crippen LogP contribution in [0.2, 0.25) is 0 Å². The molecule has 0 aromatic carbocycles. The Bertz CT molecular complexity index is 416. The number of anilines is 1. The molecule has 0 amide bonds. The van der Waals surface area contributed by atoms with Gasteiger partial charge in [0.2, 0.25) is 0 Å². The Labute approximate surface area is 112 Å². The highest BCUT2D eigenvalue weighted by Crippen LogP contribution is 2.26. The first-order valence-electron chi connectivity index (χ1n) is 6.54. The highest BCUT2D eigenvalue weighted by atomic mass is 16.5. The number of ether oxygens (including phenoxy) is 1. The van der Waals surface area contributed by atoms with Crippen LogP contribution in [0.4, 0.5) is 5.82 Å². The van der Waals surface area contributed by atoms with Gasteiger partial charge in [-0.3, -0.25) is 0 Å². The molecule has 0 saturated heterocycles. The van der Waals surface area contributed by atoms with Gasteiger partial charge in [-0.15, -0.1) is 0 Å². The van der Waals surface area contributed by atoms with E-state index in [0.29, 0.717) is 18.4 Å². The van der Waals surface area contributed by atoms with E-state index in [0.717, 1.165) is 12.8 Å². The van der Waals surface area contributed by atoms with Gasteiger partial charge in [-0.25, -0.2) is 14.8 Å². The van der Waals surface area contributed by atoms with Gasteiger partial charge in [0, 0.05) is 12.6 Å². The first-order chi connectivity index (χ1) is 9.26. The second kappa shape index (κ2) is 6.47. The Balaban J connectivity index is 2.14. The molecule has 1 aromatic heterocycles. The smallest absolute Gasteiger partial charge is 0.358 e. The highest BCUT2D eigenvalue weighted by Gasteiger charge is 2.23. The zero-order valence-corrected chi connectivity index (χ0v) is 11.1. The van der Waals surface area contributed by atoms with Crippen molar-refractivity contribution in [1.29, 1.82) is 0 Å². The number of aliphatic hydroxyl groups excluding tert-OH is 1. The molecule has 1 aliphatic rings. The number of nitrogens with zero attached hydrogens (tertiary/aromatic N) is 3. The number of carbonyl (C=O) groups is 1. The molecular formula is C13H19N3O3. The van der Waals surface area contributed by atoms with E-state index in [2.05, 4.69) is 19.6 Å². The largest absolute Gasteiger partial charge is 0.464 e. The number of carbonyl (C=O) groups excluding carboxylic acids is 1. The summed E-state index contributed by atoms with van der Waals surface area (Å²) < 4.78 is 4.59. The Kier molecular flexibility index (Phi) is 4.68. The third-order valence-corrected chi connectivity index (χ3v) is 3.43. The van der Waals surface area contributed by atoms with Crippen molar-refractivity contribution in [2.75, 3.05) is 25.2 Å². The maximum absolute atomic E-state index is 11.3. The summed E-state index contributed by atoms with van der Waals surface area (Å²) in [6.45, 7) is 0.619. The number of methoxy groups -OCH3 is 1. The molecule has 0 unspecified atom stereocenters. The molecule has 1 N–H and O–H groups in total. The molecule has 104 valence electrons. The van der Waals surface area contributed by atoms with Crippen molar-refractivity contribution in [3.05, 3.63) is 18.1 Å².